The van der Waals surface area contributed by atoms with Crippen molar-refractivity contribution in [3.63, 3.8) is 0 Å². The largest absolute Gasteiger partial charge is 0.479 e. The number of hydrogen-bond donors (Lipinski definition) is 3. The molecule has 0 saturated carbocycles. The van der Waals surface area contributed by atoms with Crippen molar-refractivity contribution in [2.75, 3.05) is 25.0 Å². The summed E-state index contributed by atoms with van der Waals surface area (Å²) in [6, 6.07) is 2.41. The number of carbonyl (C=O) groups excluding carboxylic acids is 5. The molecule has 0 aromatic heterocycles. The number of para-hydroxylation sites is 1. The van der Waals surface area contributed by atoms with E-state index in [1.165, 1.54) is 18.2 Å². The van der Waals surface area contributed by atoms with E-state index in [9.17, 15) is 45.9 Å². The maximum Gasteiger partial charge on any atom is 0.314 e. The van der Waals surface area contributed by atoms with Crippen molar-refractivity contribution in [2.24, 2.45) is 5.92 Å². The van der Waals surface area contributed by atoms with Crippen molar-refractivity contribution in [2.45, 2.75) is 37.8 Å². The molecule has 2 aromatic carbocycles. The molecule has 2 aliphatic rings. The fraction of sp³-hybridized carbons (Fsp3) is 0.370. The lowest BCUT2D eigenvalue weighted by Gasteiger charge is -2.26. The van der Waals surface area contributed by atoms with Gasteiger partial charge in [0.1, 0.15) is 18.5 Å². The number of rotatable bonds is 9. The Hall–Kier alpha value is -4.56. The molecule has 15 heteroatoms. The third kappa shape index (κ3) is 6.66. The number of carbonyl (C=O) groups is 5. The molecule has 2 aliphatic heterocycles. The minimum Gasteiger partial charge on any atom is -0.479 e. The van der Waals surface area contributed by atoms with Gasteiger partial charge in [0.05, 0.1) is 11.7 Å². The average molecular weight is 597 g/mol. The van der Waals surface area contributed by atoms with Crippen LogP contribution in [0.1, 0.15) is 25.7 Å². The highest BCUT2D eigenvalue weighted by Crippen LogP contribution is 2.27. The molecule has 4 amide bonds. The van der Waals surface area contributed by atoms with Crippen LogP contribution in [0.3, 0.4) is 0 Å². The first-order chi connectivity index (χ1) is 20.0. The lowest BCUT2D eigenvalue weighted by Crippen LogP contribution is -2.53. The number of ketones is 1. The van der Waals surface area contributed by atoms with Crippen LogP contribution in [0.15, 0.2) is 30.3 Å². The maximum atomic E-state index is 14.0. The summed E-state index contributed by atoms with van der Waals surface area (Å²) in [7, 11) is 0. The van der Waals surface area contributed by atoms with Crippen LogP contribution in [0.25, 0.3) is 0 Å². The van der Waals surface area contributed by atoms with E-state index in [1.807, 2.05) is 0 Å². The summed E-state index contributed by atoms with van der Waals surface area (Å²) in [6.07, 6.45) is 0.469. The van der Waals surface area contributed by atoms with Crippen LogP contribution in [0.2, 0.25) is 0 Å². The highest BCUT2D eigenvalue weighted by Gasteiger charge is 2.39. The number of benzene rings is 2. The van der Waals surface area contributed by atoms with Gasteiger partial charge in [-0.25, -0.2) is 13.2 Å². The average Bonchev–Trinajstić information content (AvgIpc) is 3.61. The number of Topliss-reactive ketones (excluding diaryl/α,β-unsaturated/α-hetero) is 1. The summed E-state index contributed by atoms with van der Waals surface area (Å²) in [6.45, 7) is -0.831. The minimum atomic E-state index is -1.87. The molecule has 4 rings (SSSR count). The second kappa shape index (κ2) is 13.0. The van der Waals surface area contributed by atoms with Gasteiger partial charge in [-0.3, -0.25) is 24.0 Å². The van der Waals surface area contributed by atoms with Crippen LogP contribution in [-0.2, 0) is 24.0 Å². The van der Waals surface area contributed by atoms with E-state index in [4.69, 9.17) is 4.74 Å². The van der Waals surface area contributed by atoms with Gasteiger partial charge in [0.25, 0.3) is 0 Å². The molecule has 0 bridgehead atoms. The first kappa shape index (κ1) is 30.4. The van der Waals surface area contributed by atoms with E-state index in [0.29, 0.717) is 19.4 Å². The number of likely N-dealkylation sites (tertiary alicyclic amines) is 1. The smallest absolute Gasteiger partial charge is 0.314 e. The Kier molecular flexibility index (Phi) is 9.38. The number of nitrogens with one attached hydrogen (secondary N) is 3. The van der Waals surface area contributed by atoms with Crippen LogP contribution < -0.4 is 20.7 Å². The van der Waals surface area contributed by atoms with Gasteiger partial charge in [0.15, 0.2) is 23.2 Å². The van der Waals surface area contributed by atoms with E-state index in [1.54, 1.807) is 0 Å². The van der Waals surface area contributed by atoms with Crippen molar-refractivity contribution in [3.05, 3.63) is 59.4 Å². The van der Waals surface area contributed by atoms with Gasteiger partial charge in [-0.15, -0.1) is 0 Å². The predicted molar refractivity (Wildman–Crippen MR) is 134 cm³/mol. The summed E-state index contributed by atoms with van der Waals surface area (Å²) in [5, 5.41) is 7.11. The molecule has 2 fully saturated rings. The molecule has 3 N–H and O–H groups in total. The summed E-state index contributed by atoms with van der Waals surface area (Å²) in [5.41, 5.74) is -0.248. The second-order valence-electron chi connectivity index (χ2n) is 9.72. The Morgan fingerprint density at radius 1 is 1.00 bits per heavy atom. The van der Waals surface area contributed by atoms with Crippen molar-refractivity contribution in [1.82, 2.24) is 15.5 Å². The summed E-state index contributed by atoms with van der Waals surface area (Å²) in [5.74, 6) is -14.8. The Bertz CT molecular complexity index is 1400. The van der Waals surface area contributed by atoms with Gasteiger partial charge in [-0.05, 0) is 37.8 Å². The number of amides is 4. The molecule has 0 spiro atoms. The Labute approximate surface area is 235 Å². The highest BCUT2D eigenvalue weighted by atomic mass is 19.2. The molecule has 2 saturated heterocycles. The molecular weight excluding hydrogens is 571 g/mol. The molecule has 0 radical (unpaired) electrons. The molecule has 2 aromatic rings. The normalized spacial score (nSPS) is 18.8. The van der Waals surface area contributed by atoms with E-state index in [-0.39, 0.29) is 31.1 Å². The molecule has 42 heavy (non-hydrogen) atoms. The lowest BCUT2D eigenvalue weighted by molar-refractivity contribution is -0.146. The third-order valence-electron chi connectivity index (χ3n) is 6.95. The van der Waals surface area contributed by atoms with Gasteiger partial charge in [0, 0.05) is 25.1 Å². The van der Waals surface area contributed by atoms with Gasteiger partial charge in [-0.1, -0.05) is 12.1 Å². The minimum absolute atomic E-state index is 0.00193. The van der Waals surface area contributed by atoms with Crippen molar-refractivity contribution >= 4 is 35.1 Å². The van der Waals surface area contributed by atoms with Crippen LogP contribution in [0.5, 0.6) is 5.75 Å². The van der Waals surface area contributed by atoms with Crippen LogP contribution in [0.4, 0.5) is 27.6 Å². The molecule has 0 unspecified atom stereocenters. The predicted octanol–water partition coefficient (Wildman–Crippen LogP) is 1.97. The fourth-order valence-electron chi connectivity index (χ4n) is 4.77. The van der Waals surface area contributed by atoms with Gasteiger partial charge in [-0.2, -0.15) is 8.78 Å². The fourth-order valence-corrected chi connectivity index (χ4v) is 4.77. The first-order valence-electron chi connectivity index (χ1n) is 12.9. The van der Waals surface area contributed by atoms with Gasteiger partial charge < -0.3 is 25.6 Å². The SMILES string of the molecule is O=C(Nc1ccccc1F)C(=O)N1CCC[C@H]1C(=O)N[C@@H](C[C@@H]1CCNC1=O)C(=O)COc1c(F)c(F)cc(F)c1F. The topological polar surface area (TPSA) is 134 Å². The Morgan fingerprint density at radius 3 is 2.33 bits per heavy atom. The zero-order valence-corrected chi connectivity index (χ0v) is 21.9. The second-order valence-corrected chi connectivity index (χ2v) is 9.72. The molecule has 224 valence electrons. The number of halogens is 5. The summed E-state index contributed by atoms with van der Waals surface area (Å²) >= 11 is 0. The van der Waals surface area contributed by atoms with Crippen LogP contribution in [0, 0.1) is 35.0 Å². The number of nitrogens with zero attached hydrogens (tertiary/aromatic N) is 1. The highest BCUT2D eigenvalue weighted by molar-refractivity contribution is 6.40. The van der Waals surface area contributed by atoms with Crippen LogP contribution in [-0.4, -0.2) is 66.1 Å². The standard InChI is InChI=1S/C27H25F5N4O6/c28-14-4-1-2-5-17(14)34-26(40)27(41)36-9-3-6-19(36)25(39)35-18(10-13-7-8-33-24(13)38)20(37)12-42-23-21(31)15(29)11-16(30)22(23)32/h1-2,4-5,11,13,18-19H,3,6-10,12H2,(H,33,38)(H,34,40)(H,35,39)/t13-,18-,19-/m0/s1. The molecule has 0 aliphatic carbocycles. The maximum absolute atomic E-state index is 14.0. The van der Waals surface area contributed by atoms with E-state index < -0.39 is 88.9 Å². The monoisotopic (exact) mass is 596 g/mol. The van der Waals surface area contributed by atoms with Crippen molar-refractivity contribution < 1.29 is 50.7 Å². The quantitative estimate of drug-likeness (QED) is 0.230. The number of anilines is 1. The molecule has 10 nitrogen and oxygen atoms in total. The van der Waals surface area contributed by atoms with Gasteiger partial charge in [0.2, 0.25) is 23.4 Å². The van der Waals surface area contributed by atoms with E-state index in [0.717, 1.165) is 11.0 Å². The Balaban J connectivity index is 1.47. The molecule has 3 atom stereocenters. The van der Waals surface area contributed by atoms with Gasteiger partial charge >= 0.3 is 11.8 Å². The number of ether oxygens (including phenoxy) is 1. The van der Waals surface area contributed by atoms with E-state index in [2.05, 4.69) is 16.0 Å². The van der Waals surface area contributed by atoms with Crippen LogP contribution >= 0.6 is 0 Å². The number of hydrogen-bond acceptors (Lipinski definition) is 6. The van der Waals surface area contributed by atoms with Crippen molar-refractivity contribution in [3.8, 4) is 5.75 Å². The molecule has 2 heterocycles. The summed E-state index contributed by atoms with van der Waals surface area (Å²) < 4.78 is 73.7. The zero-order chi connectivity index (χ0) is 30.6. The van der Waals surface area contributed by atoms with E-state index >= 15 is 0 Å². The first-order valence-corrected chi connectivity index (χ1v) is 12.9. The third-order valence-corrected chi connectivity index (χ3v) is 6.95. The lowest BCUT2D eigenvalue weighted by atomic mass is 9.95. The molecular formula is C27H25F5N4O6. The Morgan fingerprint density at radius 2 is 1.69 bits per heavy atom. The zero-order valence-electron chi connectivity index (χ0n) is 21.9. The summed E-state index contributed by atoms with van der Waals surface area (Å²) in [4.78, 5) is 64.7. The van der Waals surface area contributed by atoms with Crippen molar-refractivity contribution in [1.29, 1.82) is 0 Å².